The quantitative estimate of drug-likeness (QED) is 0.654. The highest BCUT2D eigenvalue weighted by Gasteiger charge is 2.15. The van der Waals surface area contributed by atoms with Gasteiger partial charge in [0.25, 0.3) is 0 Å². The van der Waals surface area contributed by atoms with Crippen LogP contribution in [-0.2, 0) is 0 Å². The van der Waals surface area contributed by atoms with E-state index in [0.717, 1.165) is 48.2 Å². The van der Waals surface area contributed by atoms with Gasteiger partial charge in [-0.25, -0.2) is 4.98 Å². The summed E-state index contributed by atoms with van der Waals surface area (Å²) < 4.78 is 0. The van der Waals surface area contributed by atoms with Gasteiger partial charge in [0.1, 0.15) is 4.99 Å². The maximum atomic E-state index is 5.38. The molecule has 2 N–H and O–H groups in total. The summed E-state index contributed by atoms with van der Waals surface area (Å²) in [4.78, 5) is 7.54. The van der Waals surface area contributed by atoms with Gasteiger partial charge in [-0.1, -0.05) is 18.3 Å². The Kier molecular flexibility index (Phi) is 4.87. The number of anilines is 2. The summed E-state index contributed by atoms with van der Waals surface area (Å²) in [5.74, 6) is 0.982. The van der Waals surface area contributed by atoms with Crippen LogP contribution in [0.5, 0.6) is 0 Å². The molecule has 0 saturated carbocycles. The lowest BCUT2D eigenvalue weighted by Crippen LogP contribution is -2.44. The zero-order chi connectivity index (χ0) is 13.7. The molecule has 0 aromatic carbocycles. The topological polar surface area (TPSA) is 40.2 Å². The summed E-state index contributed by atoms with van der Waals surface area (Å²) >= 11 is 5.38. The first-order valence-corrected chi connectivity index (χ1v) is 6.98. The van der Waals surface area contributed by atoms with E-state index in [2.05, 4.69) is 20.5 Å². The highest BCUT2D eigenvalue weighted by atomic mass is 32.1. The molecule has 0 atom stereocenters. The van der Waals surface area contributed by atoms with Crippen molar-refractivity contribution in [3.05, 3.63) is 30.0 Å². The molecular weight excluding hydrogens is 256 g/mol. The number of allylic oxidation sites excluding steroid dienone is 1. The molecule has 0 spiro atoms. The Bertz CT molecular complexity index is 478. The van der Waals surface area contributed by atoms with Crippen LogP contribution in [0.15, 0.2) is 30.0 Å². The van der Waals surface area contributed by atoms with Gasteiger partial charge < -0.3 is 15.5 Å². The number of nitrogens with one attached hydrogen (secondary N) is 2. The molecule has 0 amide bonds. The Labute approximate surface area is 119 Å². The Hall–Kier alpha value is -1.46. The average Bonchev–Trinajstić information content (AvgIpc) is 2.47. The van der Waals surface area contributed by atoms with Gasteiger partial charge in [-0.2, -0.15) is 0 Å². The van der Waals surface area contributed by atoms with Gasteiger partial charge in [-0.3, -0.25) is 0 Å². The number of nitrogens with zero attached hydrogens (tertiary/aromatic N) is 2. The number of aromatic nitrogens is 1. The van der Waals surface area contributed by atoms with Crippen LogP contribution in [0, 0.1) is 0 Å². The van der Waals surface area contributed by atoms with Gasteiger partial charge in [-0.05, 0) is 31.6 Å². The van der Waals surface area contributed by atoms with E-state index in [1.807, 2.05) is 38.3 Å². The molecule has 2 rings (SSSR count). The molecule has 5 heteroatoms. The van der Waals surface area contributed by atoms with Crippen molar-refractivity contribution in [1.82, 2.24) is 10.3 Å². The molecule has 0 radical (unpaired) electrons. The van der Waals surface area contributed by atoms with Crippen LogP contribution in [-0.4, -0.2) is 36.2 Å². The summed E-state index contributed by atoms with van der Waals surface area (Å²) in [5, 5.41) is 6.64. The molecule has 1 aliphatic heterocycles. The van der Waals surface area contributed by atoms with E-state index in [-0.39, 0.29) is 0 Å². The van der Waals surface area contributed by atoms with Crippen molar-refractivity contribution in [2.75, 3.05) is 36.4 Å². The summed E-state index contributed by atoms with van der Waals surface area (Å²) in [7, 11) is 0. The van der Waals surface area contributed by atoms with E-state index in [9.17, 15) is 0 Å². The number of pyridine rings is 1. The first kappa shape index (κ1) is 14.0. The summed E-state index contributed by atoms with van der Waals surface area (Å²) in [6, 6.07) is 3.96. The highest BCUT2D eigenvalue weighted by molar-refractivity contribution is 7.81. The maximum absolute atomic E-state index is 5.38. The van der Waals surface area contributed by atoms with E-state index in [4.69, 9.17) is 12.2 Å². The van der Waals surface area contributed by atoms with E-state index in [1.165, 1.54) is 0 Å². The second-order valence-corrected chi connectivity index (χ2v) is 4.95. The van der Waals surface area contributed by atoms with Gasteiger partial charge >= 0.3 is 0 Å². The standard InChI is InChI=1S/C14H20N4S/c1-3-11(2)14(19)17-12-5-4-6-16-13(12)18-9-7-15-8-10-18/h3-6,15H,7-10H2,1-2H3,(H,17,19)/b11-3+. The van der Waals surface area contributed by atoms with Gasteiger partial charge in [0.2, 0.25) is 0 Å². The van der Waals surface area contributed by atoms with Crippen LogP contribution in [0.2, 0.25) is 0 Å². The van der Waals surface area contributed by atoms with Gasteiger partial charge in [0, 0.05) is 32.4 Å². The minimum Gasteiger partial charge on any atom is -0.352 e. The number of thiocarbonyl (C=S) groups is 1. The SMILES string of the molecule is C/C=C(\C)C(=S)Nc1cccnc1N1CCNCC1. The molecule has 1 saturated heterocycles. The number of hydrogen-bond acceptors (Lipinski definition) is 4. The molecule has 1 aliphatic rings. The molecule has 2 heterocycles. The Morgan fingerprint density at radius 1 is 1.47 bits per heavy atom. The Balaban J connectivity index is 2.18. The molecule has 19 heavy (non-hydrogen) atoms. The normalized spacial score (nSPS) is 16.3. The summed E-state index contributed by atoms with van der Waals surface area (Å²) in [6.07, 6.45) is 3.84. The van der Waals surface area contributed by atoms with E-state index < -0.39 is 0 Å². The summed E-state index contributed by atoms with van der Waals surface area (Å²) in [5.41, 5.74) is 2.06. The maximum Gasteiger partial charge on any atom is 0.152 e. The molecule has 102 valence electrons. The summed E-state index contributed by atoms with van der Waals surface area (Å²) in [6.45, 7) is 7.94. The van der Waals surface area contributed by atoms with Crippen molar-refractivity contribution >= 4 is 28.7 Å². The monoisotopic (exact) mass is 276 g/mol. The lowest BCUT2D eigenvalue weighted by Gasteiger charge is -2.30. The van der Waals surface area contributed by atoms with E-state index in [1.54, 1.807) is 0 Å². The zero-order valence-electron chi connectivity index (χ0n) is 11.4. The van der Waals surface area contributed by atoms with Crippen molar-refractivity contribution < 1.29 is 0 Å². The lowest BCUT2D eigenvalue weighted by atomic mass is 10.2. The van der Waals surface area contributed by atoms with Crippen molar-refractivity contribution in [3.63, 3.8) is 0 Å². The second kappa shape index (κ2) is 6.63. The first-order valence-electron chi connectivity index (χ1n) is 6.57. The molecule has 0 bridgehead atoms. The Morgan fingerprint density at radius 3 is 2.89 bits per heavy atom. The van der Waals surface area contributed by atoms with Gasteiger partial charge in [-0.15, -0.1) is 0 Å². The lowest BCUT2D eigenvalue weighted by molar-refractivity contribution is 0.585. The fourth-order valence-electron chi connectivity index (χ4n) is 1.98. The number of piperazine rings is 1. The zero-order valence-corrected chi connectivity index (χ0v) is 12.3. The van der Waals surface area contributed by atoms with Crippen LogP contribution >= 0.6 is 12.2 Å². The minimum atomic E-state index is 0.756. The first-order chi connectivity index (χ1) is 9.22. The van der Waals surface area contributed by atoms with Crippen molar-refractivity contribution in [2.24, 2.45) is 0 Å². The molecule has 4 nitrogen and oxygen atoms in total. The van der Waals surface area contributed by atoms with Crippen LogP contribution < -0.4 is 15.5 Å². The van der Waals surface area contributed by atoms with E-state index >= 15 is 0 Å². The van der Waals surface area contributed by atoms with Gasteiger partial charge in [0.05, 0.1) is 5.69 Å². The third-order valence-electron chi connectivity index (χ3n) is 3.24. The molecule has 0 aliphatic carbocycles. The molecule has 0 unspecified atom stereocenters. The van der Waals surface area contributed by atoms with Crippen molar-refractivity contribution in [1.29, 1.82) is 0 Å². The number of rotatable bonds is 3. The molecule has 1 fully saturated rings. The molecule has 1 aromatic rings. The number of hydrogen-bond donors (Lipinski definition) is 2. The smallest absolute Gasteiger partial charge is 0.152 e. The third-order valence-corrected chi connectivity index (χ3v) is 3.67. The van der Waals surface area contributed by atoms with Crippen molar-refractivity contribution in [2.45, 2.75) is 13.8 Å². The minimum absolute atomic E-state index is 0.756. The van der Waals surface area contributed by atoms with Crippen LogP contribution in [0.3, 0.4) is 0 Å². The van der Waals surface area contributed by atoms with E-state index in [0.29, 0.717) is 0 Å². The van der Waals surface area contributed by atoms with Crippen LogP contribution in [0.1, 0.15) is 13.8 Å². The third kappa shape index (κ3) is 3.52. The fourth-order valence-corrected chi connectivity index (χ4v) is 2.20. The fraction of sp³-hybridized carbons (Fsp3) is 0.429. The van der Waals surface area contributed by atoms with Gasteiger partial charge in [0.15, 0.2) is 5.82 Å². The second-order valence-electron chi connectivity index (χ2n) is 4.54. The largest absolute Gasteiger partial charge is 0.352 e. The Morgan fingerprint density at radius 2 is 2.21 bits per heavy atom. The predicted octanol–water partition coefficient (Wildman–Crippen LogP) is 2.20. The predicted molar refractivity (Wildman–Crippen MR) is 85.0 cm³/mol. The average molecular weight is 276 g/mol. The molecular formula is C14H20N4S. The van der Waals surface area contributed by atoms with Crippen LogP contribution in [0.4, 0.5) is 11.5 Å². The van der Waals surface area contributed by atoms with Crippen LogP contribution in [0.25, 0.3) is 0 Å². The van der Waals surface area contributed by atoms with Crippen molar-refractivity contribution in [3.8, 4) is 0 Å². The molecule has 1 aromatic heterocycles. The highest BCUT2D eigenvalue weighted by Crippen LogP contribution is 2.23.